The Balaban J connectivity index is 1.53. The van der Waals surface area contributed by atoms with Crippen LogP contribution in [0.5, 0.6) is 5.75 Å². The van der Waals surface area contributed by atoms with Gasteiger partial charge in [0.2, 0.25) is 15.9 Å². The summed E-state index contributed by atoms with van der Waals surface area (Å²) < 4.78 is 33.1. The second-order valence-electron chi connectivity index (χ2n) is 7.60. The lowest BCUT2D eigenvalue weighted by Gasteiger charge is -2.32. The fourth-order valence-corrected chi connectivity index (χ4v) is 5.49. The SMILES string of the molecule is COc1ccc(CN(C)C(=O)C2CCN(S(=O)(=O)Cc3ccc(Br)cc3)CC2)cc1. The molecular weight excluding hydrogens is 468 g/mol. The van der Waals surface area contributed by atoms with E-state index in [1.807, 2.05) is 48.5 Å². The van der Waals surface area contributed by atoms with E-state index in [1.54, 1.807) is 19.1 Å². The van der Waals surface area contributed by atoms with Gasteiger partial charge in [-0.1, -0.05) is 40.2 Å². The average molecular weight is 495 g/mol. The van der Waals surface area contributed by atoms with Crippen LogP contribution >= 0.6 is 15.9 Å². The Morgan fingerprint density at radius 1 is 1.07 bits per heavy atom. The smallest absolute Gasteiger partial charge is 0.225 e. The van der Waals surface area contributed by atoms with Crippen LogP contribution < -0.4 is 4.74 Å². The number of halogens is 1. The third kappa shape index (κ3) is 5.83. The van der Waals surface area contributed by atoms with Gasteiger partial charge in [-0.2, -0.15) is 0 Å². The van der Waals surface area contributed by atoms with E-state index in [0.29, 0.717) is 32.5 Å². The zero-order chi connectivity index (χ0) is 21.7. The molecular formula is C22H27BrN2O4S. The summed E-state index contributed by atoms with van der Waals surface area (Å²) in [5, 5.41) is 0. The molecule has 1 heterocycles. The molecule has 2 aromatic rings. The van der Waals surface area contributed by atoms with Crippen LogP contribution in [0.4, 0.5) is 0 Å². The molecule has 1 fully saturated rings. The molecule has 1 saturated heterocycles. The number of carbonyl (C=O) groups is 1. The number of amides is 1. The quantitative estimate of drug-likeness (QED) is 0.588. The van der Waals surface area contributed by atoms with Crippen molar-refractivity contribution in [1.29, 1.82) is 0 Å². The molecule has 1 aliphatic rings. The molecule has 2 aromatic carbocycles. The van der Waals surface area contributed by atoms with Gasteiger partial charge in [0.25, 0.3) is 0 Å². The van der Waals surface area contributed by atoms with Crippen molar-refractivity contribution in [3.05, 3.63) is 64.1 Å². The largest absolute Gasteiger partial charge is 0.497 e. The zero-order valence-electron chi connectivity index (χ0n) is 17.3. The van der Waals surface area contributed by atoms with Crippen molar-refractivity contribution in [3.63, 3.8) is 0 Å². The van der Waals surface area contributed by atoms with Gasteiger partial charge in [0.1, 0.15) is 5.75 Å². The van der Waals surface area contributed by atoms with E-state index in [0.717, 1.165) is 21.3 Å². The lowest BCUT2D eigenvalue weighted by atomic mass is 9.96. The van der Waals surface area contributed by atoms with E-state index in [9.17, 15) is 13.2 Å². The number of rotatable bonds is 7. The number of hydrogen-bond acceptors (Lipinski definition) is 4. The predicted octanol–water partition coefficient (Wildman–Crippen LogP) is 3.66. The normalized spacial score (nSPS) is 15.7. The minimum atomic E-state index is -3.39. The van der Waals surface area contributed by atoms with Gasteiger partial charge in [-0.05, 0) is 48.2 Å². The number of carbonyl (C=O) groups excluding carboxylic acids is 1. The molecule has 0 spiro atoms. The highest BCUT2D eigenvalue weighted by atomic mass is 79.9. The molecule has 0 aromatic heterocycles. The molecule has 0 radical (unpaired) electrons. The highest BCUT2D eigenvalue weighted by Gasteiger charge is 2.32. The van der Waals surface area contributed by atoms with E-state index in [2.05, 4.69) is 15.9 Å². The van der Waals surface area contributed by atoms with E-state index >= 15 is 0 Å². The van der Waals surface area contributed by atoms with Crippen LogP contribution in [0.15, 0.2) is 53.0 Å². The first kappa shape index (κ1) is 22.8. The van der Waals surface area contributed by atoms with Crippen LogP contribution in [0.2, 0.25) is 0 Å². The fraction of sp³-hybridized carbons (Fsp3) is 0.409. The third-order valence-electron chi connectivity index (χ3n) is 5.41. The van der Waals surface area contributed by atoms with E-state index in [1.165, 1.54) is 4.31 Å². The third-order valence-corrected chi connectivity index (χ3v) is 7.79. The first-order valence-corrected chi connectivity index (χ1v) is 12.3. The molecule has 0 saturated carbocycles. The molecule has 3 rings (SSSR count). The maximum Gasteiger partial charge on any atom is 0.225 e. The number of hydrogen-bond donors (Lipinski definition) is 0. The average Bonchev–Trinajstić information content (AvgIpc) is 2.75. The second kappa shape index (κ2) is 9.94. The van der Waals surface area contributed by atoms with Crippen molar-refractivity contribution in [2.45, 2.75) is 25.1 Å². The van der Waals surface area contributed by atoms with Crippen LogP contribution in [0.3, 0.4) is 0 Å². The summed E-state index contributed by atoms with van der Waals surface area (Å²) in [5.74, 6) is 0.684. The van der Waals surface area contributed by atoms with Gasteiger partial charge in [0.05, 0.1) is 12.9 Å². The van der Waals surface area contributed by atoms with Gasteiger partial charge < -0.3 is 9.64 Å². The van der Waals surface area contributed by atoms with E-state index in [-0.39, 0.29) is 17.6 Å². The Morgan fingerprint density at radius 2 is 1.63 bits per heavy atom. The molecule has 1 amide bonds. The van der Waals surface area contributed by atoms with Gasteiger partial charge in [-0.25, -0.2) is 12.7 Å². The number of nitrogens with zero attached hydrogens (tertiary/aromatic N) is 2. The highest BCUT2D eigenvalue weighted by molar-refractivity contribution is 9.10. The molecule has 0 atom stereocenters. The highest BCUT2D eigenvalue weighted by Crippen LogP contribution is 2.24. The molecule has 8 heteroatoms. The van der Waals surface area contributed by atoms with Crippen molar-refractivity contribution < 1.29 is 17.9 Å². The number of methoxy groups -OCH3 is 1. The Morgan fingerprint density at radius 3 is 2.20 bits per heavy atom. The minimum absolute atomic E-state index is 0.0176. The van der Waals surface area contributed by atoms with Crippen molar-refractivity contribution in [1.82, 2.24) is 9.21 Å². The van der Waals surface area contributed by atoms with E-state index in [4.69, 9.17) is 4.74 Å². The summed E-state index contributed by atoms with van der Waals surface area (Å²) in [6.07, 6.45) is 1.09. The summed E-state index contributed by atoms with van der Waals surface area (Å²) in [6, 6.07) is 14.9. The van der Waals surface area contributed by atoms with Gasteiger partial charge in [0, 0.05) is 37.1 Å². The van der Waals surface area contributed by atoms with Crippen molar-refractivity contribution >= 4 is 31.9 Å². The Hall–Kier alpha value is -1.90. The molecule has 30 heavy (non-hydrogen) atoms. The van der Waals surface area contributed by atoms with Gasteiger partial charge in [0.15, 0.2) is 0 Å². The topological polar surface area (TPSA) is 66.9 Å². The minimum Gasteiger partial charge on any atom is -0.497 e. The van der Waals surface area contributed by atoms with Crippen LogP contribution in [-0.4, -0.2) is 50.8 Å². The number of benzene rings is 2. The van der Waals surface area contributed by atoms with E-state index < -0.39 is 10.0 Å². The summed E-state index contributed by atoms with van der Waals surface area (Å²) in [5.41, 5.74) is 1.79. The van der Waals surface area contributed by atoms with Crippen molar-refractivity contribution in [3.8, 4) is 5.75 Å². The molecule has 6 nitrogen and oxygen atoms in total. The second-order valence-corrected chi connectivity index (χ2v) is 10.5. The summed E-state index contributed by atoms with van der Waals surface area (Å²) >= 11 is 3.36. The monoisotopic (exact) mass is 494 g/mol. The van der Waals surface area contributed by atoms with Gasteiger partial charge in [-0.3, -0.25) is 4.79 Å². The van der Waals surface area contributed by atoms with Crippen LogP contribution in [0.25, 0.3) is 0 Å². The summed E-state index contributed by atoms with van der Waals surface area (Å²) in [4.78, 5) is 14.6. The first-order chi connectivity index (χ1) is 14.3. The lowest BCUT2D eigenvalue weighted by molar-refractivity contribution is -0.135. The standard InChI is InChI=1S/C22H27BrN2O4S/c1-24(15-17-5-9-21(29-2)10-6-17)22(26)19-11-13-25(14-12-19)30(27,28)16-18-3-7-20(23)8-4-18/h3-10,19H,11-16H2,1-2H3. The molecule has 0 N–H and O–H groups in total. The predicted molar refractivity (Wildman–Crippen MR) is 121 cm³/mol. The van der Waals surface area contributed by atoms with Crippen molar-refractivity contribution in [2.24, 2.45) is 5.92 Å². The number of ether oxygens (including phenoxy) is 1. The summed E-state index contributed by atoms with van der Waals surface area (Å²) in [7, 11) is 0.0235. The Labute approximate surface area is 187 Å². The van der Waals surface area contributed by atoms with Crippen LogP contribution in [0.1, 0.15) is 24.0 Å². The van der Waals surface area contributed by atoms with Gasteiger partial charge in [-0.15, -0.1) is 0 Å². The van der Waals surface area contributed by atoms with Crippen LogP contribution in [-0.2, 0) is 27.1 Å². The van der Waals surface area contributed by atoms with Crippen LogP contribution in [0, 0.1) is 5.92 Å². The maximum absolute atomic E-state index is 12.8. The molecule has 1 aliphatic heterocycles. The zero-order valence-corrected chi connectivity index (χ0v) is 19.7. The maximum atomic E-state index is 12.8. The molecule has 162 valence electrons. The van der Waals surface area contributed by atoms with Crippen molar-refractivity contribution in [2.75, 3.05) is 27.2 Å². The molecule has 0 unspecified atom stereocenters. The molecule has 0 aliphatic carbocycles. The summed E-state index contributed by atoms with van der Waals surface area (Å²) in [6.45, 7) is 1.28. The number of piperidine rings is 1. The number of sulfonamides is 1. The first-order valence-electron chi connectivity index (χ1n) is 9.88. The lowest BCUT2D eigenvalue weighted by Crippen LogP contribution is -2.43. The Kier molecular flexibility index (Phi) is 7.55. The fourth-order valence-electron chi connectivity index (χ4n) is 3.66. The Bertz CT molecular complexity index is 954. The van der Waals surface area contributed by atoms with Gasteiger partial charge >= 0.3 is 0 Å². The molecule has 0 bridgehead atoms.